The van der Waals surface area contributed by atoms with Crippen LogP contribution < -0.4 is 4.90 Å². The summed E-state index contributed by atoms with van der Waals surface area (Å²) in [5.74, 6) is 0.354. The monoisotopic (exact) mass is 344 g/mol. The van der Waals surface area contributed by atoms with Gasteiger partial charge in [0.05, 0.1) is 30.0 Å². The number of rotatable bonds is 2. The minimum absolute atomic E-state index is 0.0800. The van der Waals surface area contributed by atoms with Crippen LogP contribution in [0.25, 0.3) is 10.9 Å². The summed E-state index contributed by atoms with van der Waals surface area (Å²) < 4.78 is 19.7. The van der Waals surface area contributed by atoms with Crippen molar-refractivity contribution in [2.75, 3.05) is 44.3 Å². The van der Waals surface area contributed by atoms with E-state index < -0.39 is 0 Å². The molecule has 2 aliphatic heterocycles. The van der Waals surface area contributed by atoms with Crippen LogP contribution in [-0.4, -0.2) is 60.2 Å². The number of anilines is 1. The van der Waals surface area contributed by atoms with Crippen molar-refractivity contribution in [1.82, 2.24) is 14.9 Å². The number of benzene rings is 1. The maximum absolute atomic E-state index is 14.4. The topological polar surface area (TPSA) is 58.6 Å². The summed E-state index contributed by atoms with van der Waals surface area (Å²) in [7, 11) is 0. The van der Waals surface area contributed by atoms with Crippen LogP contribution in [0.3, 0.4) is 0 Å². The normalized spacial score (nSPS) is 21.6. The smallest absolute Gasteiger partial charge is 0.227 e. The second kappa shape index (κ2) is 6.92. The summed E-state index contributed by atoms with van der Waals surface area (Å²) in [4.78, 5) is 25.2. The number of ether oxygens (including phenoxy) is 1. The van der Waals surface area contributed by atoms with Gasteiger partial charge in [0.1, 0.15) is 18.0 Å². The highest BCUT2D eigenvalue weighted by molar-refractivity contribution is 5.90. The van der Waals surface area contributed by atoms with Gasteiger partial charge in [-0.2, -0.15) is 0 Å². The summed E-state index contributed by atoms with van der Waals surface area (Å²) >= 11 is 0. The van der Waals surface area contributed by atoms with E-state index in [2.05, 4.69) is 9.97 Å². The predicted octanol–water partition coefficient (Wildman–Crippen LogP) is 1.84. The lowest BCUT2D eigenvalue weighted by atomic mass is 9.96. The molecule has 0 spiro atoms. The number of carbonyl (C=O) groups excluding carboxylic acids is 1. The van der Waals surface area contributed by atoms with Gasteiger partial charge in [-0.3, -0.25) is 4.79 Å². The quantitative estimate of drug-likeness (QED) is 0.832. The van der Waals surface area contributed by atoms with Crippen LogP contribution in [-0.2, 0) is 9.53 Å². The minimum atomic E-state index is -0.324. The Morgan fingerprint density at radius 1 is 1.20 bits per heavy atom. The van der Waals surface area contributed by atoms with E-state index in [0.717, 1.165) is 19.4 Å². The standard InChI is InChI=1S/C18H21FN4O2/c19-14-4-1-5-15-16(14)17(21-12-20-15)23-6-2-3-13(11-23)18(24)22-7-9-25-10-8-22/h1,4-5,12-13H,2-3,6-11H2/t13-/m1/s1. The molecule has 1 aromatic heterocycles. The second-order valence-corrected chi connectivity index (χ2v) is 6.55. The number of hydrogen-bond donors (Lipinski definition) is 0. The summed E-state index contributed by atoms with van der Waals surface area (Å²) in [6.45, 7) is 3.85. The van der Waals surface area contributed by atoms with Gasteiger partial charge in [-0.15, -0.1) is 0 Å². The molecular weight excluding hydrogens is 323 g/mol. The molecule has 0 N–H and O–H groups in total. The summed E-state index contributed by atoms with van der Waals surface area (Å²) in [5, 5.41) is 0.435. The molecule has 1 amide bonds. The highest BCUT2D eigenvalue weighted by atomic mass is 19.1. The number of hydrogen-bond acceptors (Lipinski definition) is 5. The Labute approximate surface area is 145 Å². The molecule has 2 aliphatic rings. The molecule has 2 saturated heterocycles. The van der Waals surface area contributed by atoms with E-state index in [1.807, 2.05) is 9.80 Å². The molecule has 0 aliphatic carbocycles. The Morgan fingerprint density at radius 3 is 2.88 bits per heavy atom. The zero-order chi connectivity index (χ0) is 17.2. The molecule has 6 nitrogen and oxygen atoms in total. The van der Waals surface area contributed by atoms with E-state index in [4.69, 9.17) is 4.74 Å². The van der Waals surface area contributed by atoms with E-state index in [0.29, 0.717) is 49.6 Å². The highest BCUT2D eigenvalue weighted by Crippen LogP contribution is 2.29. The number of fused-ring (bicyclic) bond motifs is 1. The lowest BCUT2D eigenvalue weighted by Crippen LogP contribution is -2.48. The summed E-state index contributed by atoms with van der Waals surface area (Å²) in [6, 6.07) is 4.86. The maximum Gasteiger partial charge on any atom is 0.227 e. The number of nitrogens with zero attached hydrogens (tertiary/aromatic N) is 4. The molecule has 0 unspecified atom stereocenters. The Morgan fingerprint density at radius 2 is 2.04 bits per heavy atom. The fourth-order valence-corrected chi connectivity index (χ4v) is 3.70. The number of morpholine rings is 1. The average Bonchev–Trinajstić information content (AvgIpc) is 2.68. The fourth-order valence-electron chi connectivity index (χ4n) is 3.70. The molecule has 3 heterocycles. The molecule has 25 heavy (non-hydrogen) atoms. The van der Waals surface area contributed by atoms with Gasteiger partial charge in [0.25, 0.3) is 0 Å². The first-order valence-corrected chi connectivity index (χ1v) is 8.75. The number of piperidine rings is 1. The third-order valence-corrected chi connectivity index (χ3v) is 4.98. The predicted molar refractivity (Wildman–Crippen MR) is 91.8 cm³/mol. The average molecular weight is 344 g/mol. The molecule has 2 fully saturated rings. The van der Waals surface area contributed by atoms with Crippen molar-refractivity contribution in [1.29, 1.82) is 0 Å². The first-order valence-electron chi connectivity index (χ1n) is 8.75. The van der Waals surface area contributed by atoms with Crippen LogP contribution in [0.5, 0.6) is 0 Å². The third kappa shape index (κ3) is 3.16. The van der Waals surface area contributed by atoms with Crippen LogP contribution in [0.2, 0.25) is 0 Å². The van der Waals surface area contributed by atoms with E-state index in [1.54, 1.807) is 12.1 Å². The molecule has 0 radical (unpaired) electrons. The van der Waals surface area contributed by atoms with Gasteiger partial charge >= 0.3 is 0 Å². The Hall–Kier alpha value is -2.28. The molecule has 7 heteroatoms. The Kier molecular flexibility index (Phi) is 4.48. The number of halogens is 1. The maximum atomic E-state index is 14.4. The van der Waals surface area contributed by atoms with Gasteiger partial charge in [-0.25, -0.2) is 14.4 Å². The van der Waals surface area contributed by atoms with Crippen molar-refractivity contribution in [3.8, 4) is 0 Å². The molecule has 0 bridgehead atoms. The van der Waals surface area contributed by atoms with Crippen molar-refractivity contribution >= 4 is 22.6 Å². The molecular formula is C18H21FN4O2. The SMILES string of the molecule is O=C([C@@H]1CCCN(c2ncnc3cccc(F)c23)C1)N1CCOCC1. The van der Waals surface area contributed by atoms with E-state index in [1.165, 1.54) is 12.4 Å². The number of amides is 1. The van der Waals surface area contributed by atoms with Crippen LogP contribution in [0.1, 0.15) is 12.8 Å². The molecule has 1 aromatic carbocycles. The van der Waals surface area contributed by atoms with Crippen molar-refractivity contribution in [2.45, 2.75) is 12.8 Å². The largest absolute Gasteiger partial charge is 0.378 e. The van der Waals surface area contributed by atoms with Crippen molar-refractivity contribution in [3.05, 3.63) is 30.3 Å². The molecule has 1 atom stereocenters. The van der Waals surface area contributed by atoms with Crippen LogP contribution in [0.4, 0.5) is 10.2 Å². The zero-order valence-corrected chi connectivity index (χ0v) is 14.0. The van der Waals surface area contributed by atoms with Crippen LogP contribution >= 0.6 is 0 Å². The summed E-state index contributed by atoms with van der Waals surface area (Å²) in [6.07, 6.45) is 3.21. The first-order chi connectivity index (χ1) is 12.2. The molecule has 2 aromatic rings. The van der Waals surface area contributed by atoms with Gasteiger partial charge in [0.2, 0.25) is 5.91 Å². The van der Waals surface area contributed by atoms with Gasteiger partial charge in [0.15, 0.2) is 0 Å². The van der Waals surface area contributed by atoms with Gasteiger partial charge < -0.3 is 14.5 Å². The van der Waals surface area contributed by atoms with Crippen molar-refractivity contribution in [2.24, 2.45) is 5.92 Å². The fraction of sp³-hybridized carbons (Fsp3) is 0.500. The van der Waals surface area contributed by atoms with E-state index in [-0.39, 0.29) is 17.6 Å². The van der Waals surface area contributed by atoms with Crippen molar-refractivity contribution < 1.29 is 13.9 Å². The molecule has 0 saturated carbocycles. The van der Waals surface area contributed by atoms with Gasteiger partial charge in [-0.05, 0) is 25.0 Å². The molecule has 132 valence electrons. The third-order valence-electron chi connectivity index (χ3n) is 4.98. The van der Waals surface area contributed by atoms with Crippen molar-refractivity contribution in [3.63, 3.8) is 0 Å². The summed E-state index contributed by atoms with van der Waals surface area (Å²) in [5.41, 5.74) is 0.589. The lowest BCUT2D eigenvalue weighted by Gasteiger charge is -2.37. The van der Waals surface area contributed by atoms with Crippen LogP contribution in [0, 0.1) is 11.7 Å². The second-order valence-electron chi connectivity index (χ2n) is 6.55. The van der Waals surface area contributed by atoms with Gasteiger partial charge in [0, 0.05) is 26.2 Å². The van der Waals surface area contributed by atoms with Gasteiger partial charge in [-0.1, -0.05) is 6.07 Å². The number of aromatic nitrogens is 2. The number of carbonyl (C=O) groups is 1. The van der Waals surface area contributed by atoms with Crippen LogP contribution in [0.15, 0.2) is 24.5 Å². The minimum Gasteiger partial charge on any atom is -0.378 e. The lowest BCUT2D eigenvalue weighted by molar-refractivity contribution is -0.139. The Balaban J connectivity index is 1.58. The van der Waals surface area contributed by atoms with E-state index >= 15 is 0 Å². The highest BCUT2D eigenvalue weighted by Gasteiger charge is 2.31. The zero-order valence-electron chi connectivity index (χ0n) is 14.0. The Bertz CT molecular complexity index is 774. The molecule has 4 rings (SSSR count). The van der Waals surface area contributed by atoms with E-state index in [9.17, 15) is 9.18 Å². The first kappa shape index (κ1) is 16.2.